The highest BCUT2D eigenvalue weighted by atomic mass is 35.5. The maximum absolute atomic E-state index is 9.98. The van der Waals surface area contributed by atoms with Gasteiger partial charge in [-0.15, -0.1) is 11.3 Å². The van der Waals surface area contributed by atoms with Gasteiger partial charge in [-0.2, -0.15) is 0 Å². The predicted octanol–water partition coefficient (Wildman–Crippen LogP) is 5.17. The molecule has 2 aromatic carbocycles. The van der Waals surface area contributed by atoms with Gasteiger partial charge in [-0.05, 0) is 49.7 Å². The second-order valence-electron chi connectivity index (χ2n) is 8.54. The number of fused-ring (bicyclic) bond motifs is 1. The minimum absolute atomic E-state index is 0.370. The molecule has 1 aliphatic heterocycles. The summed E-state index contributed by atoms with van der Waals surface area (Å²) in [6.07, 6.45) is 3.18. The summed E-state index contributed by atoms with van der Waals surface area (Å²) < 4.78 is 11.7. The summed E-state index contributed by atoms with van der Waals surface area (Å²) in [5.41, 5.74) is 1.91. The molecule has 2 N–H and O–H groups in total. The number of aromatic nitrogens is 3. The van der Waals surface area contributed by atoms with Crippen LogP contribution in [0.3, 0.4) is 0 Å². The Balaban J connectivity index is 1.33. The molecule has 8 nitrogen and oxygen atoms in total. The van der Waals surface area contributed by atoms with Gasteiger partial charge < -0.3 is 19.9 Å². The van der Waals surface area contributed by atoms with Crippen LogP contribution in [0.4, 0.5) is 11.5 Å². The molecule has 1 unspecified atom stereocenters. The molecule has 2 aromatic heterocycles. The topological polar surface area (TPSA) is 102 Å². The first kappa shape index (κ1) is 23.5. The number of rotatable bonds is 8. The zero-order valence-electron chi connectivity index (χ0n) is 19.2. The summed E-state index contributed by atoms with van der Waals surface area (Å²) in [6.45, 7) is 4.39. The lowest BCUT2D eigenvalue weighted by molar-refractivity contribution is -0.0207. The highest BCUT2D eigenvalue weighted by Gasteiger charge is 2.37. The van der Waals surface area contributed by atoms with Crippen LogP contribution in [-0.2, 0) is 17.8 Å². The van der Waals surface area contributed by atoms with E-state index in [1.807, 2.05) is 42.6 Å². The molecule has 2 atom stereocenters. The molecule has 0 aliphatic carbocycles. The van der Waals surface area contributed by atoms with Gasteiger partial charge in [0.25, 0.3) is 0 Å². The Morgan fingerprint density at radius 3 is 2.86 bits per heavy atom. The Kier molecular flexibility index (Phi) is 6.55. The molecular formula is C25H24ClN5O3S. The van der Waals surface area contributed by atoms with E-state index in [0.717, 1.165) is 27.2 Å². The van der Waals surface area contributed by atoms with Crippen molar-refractivity contribution in [2.75, 3.05) is 11.9 Å². The molecule has 10 heteroatoms. The number of thiazole rings is 1. The fourth-order valence-electron chi connectivity index (χ4n) is 3.67. The fourth-order valence-corrected chi connectivity index (χ4v) is 4.43. The summed E-state index contributed by atoms with van der Waals surface area (Å²) in [5.74, 6) is 1.86. The molecule has 3 heterocycles. The van der Waals surface area contributed by atoms with Gasteiger partial charge in [-0.1, -0.05) is 17.7 Å². The van der Waals surface area contributed by atoms with Gasteiger partial charge in [-0.3, -0.25) is 4.99 Å². The molecule has 0 saturated carbocycles. The number of aliphatic imine (C=N–C) groups is 1. The first-order chi connectivity index (χ1) is 16.9. The van der Waals surface area contributed by atoms with Crippen molar-refractivity contribution in [1.82, 2.24) is 15.0 Å². The number of aliphatic hydroxyl groups excluding tert-OH is 1. The van der Waals surface area contributed by atoms with E-state index < -0.39 is 11.7 Å². The van der Waals surface area contributed by atoms with Crippen molar-refractivity contribution in [3.8, 4) is 5.75 Å². The standard InChI is InChI=1S/C25H24ClN5O3S/c1-15(32)25(2)13-28-22(34-25)10-16-3-5-20-18(9-16)24(30-14-29-20)31-17-4-6-21(19(26)11-17)33-12-23-27-7-8-35-23/h3-9,11,14-15,32H,10,12-13H2,1-2H3,(H,29,30,31)/t15-,25?/m0/s1. The van der Waals surface area contributed by atoms with Crippen molar-refractivity contribution in [1.29, 1.82) is 0 Å². The molecule has 180 valence electrons. The maximum Gasteiger partial charge on any atom is 0.188 e. The van der Waals surface area contributed by atoms with E-state index in [1.54, 1.807) is 19.2 Å². The third-order valence-electron chi connectivity index (χ3n) is 5.89. The molecule has 35 heavy (non-hydrogen) atoms. The fraction of sp³-hybridized carbons (Fsp3) is 0.280. The van der Waals surface area contributed by atoms with E-state index in [0.29, 0.717) is 42.1 Å². The van der Waals surface area contributed by atoms with Gasteiger partial charge in [0.2, 0.25) is 0 Å². The van der Waals surface area contributed by atoms with Gasteiger partial charge in [0, 0.05) is 29.1 Å². The van der Waals surface area contributed by atoms with Crippen molar-refractivity contribution in [3.63, 3.8) is 0 Å². The highest BCUT2D eigenvalue weighted by Crippen LogP contribution is 2.31. The van der Waals surface area contributed by atoms with E-state index in [9.17, 15) is 5.11 Å². The molecule has 0 saturated heterocycles. The van der Waals surface area contributed by atoms with Gasteiger partial charge in [-0.25, -0.2) is 15.0 Å². The number of anilines is 2. The molecule has 1 aliphatic rings. The number of halogens is 1. The molecule has 0 spiro atoms. The molecule has 0 bridgehead atoms. The summed E-state index contributed by atoms with van der Waals surface area (Å²) >= 11 is 7.99. The van der Waals surface area contributed by atoms with E-state index in [-0.39, 0.29) is 0 Å². The van der Waals surface area contributed by atoms with E-state index >= 15 is 0 Å². The molecule has 4 aromatic rings. The molecule has 0 radical (unpaired) electrons. The summed E-state index contributed by atoms with van der Waals surface area (Å²) in [6, 6.07) is 11.5. The second-order valence-corrected chi connectivity index (χ2v) is 9.92. The molecular weight excluding hydrogens is 486 g/mol. The lowest BCUT2D eigenvalue weighted by atomic mass is 10.0. The smallest absolute Gasteiger partial charge is 0.188 e. The third kappa shape index (κ3) is 5.22. The number of nitrogens with one attached hydrogen (secondary N) is 1. The minimum atomic E-state index is -0.683. The first-order valence-electron chi connectivity index (χ1n) is 11.1. The second kappa shape index (κ2) is 9.77. The van der Waals surface area contributed by atoms with Crippen LogP contribution in [0.2, 0.25) is 5.02 Å². The van der Waals surface area contributed by atoms with Crippen LogP contribution >= 0.6 is 22.9 Å². The van der Waals surface area contributed by atoms with Crippen molar-refractivity contribution in [3.05, 3.63) is 69.9 Å². The van der Waals surface area contributed by atoms with Gasteiger partial charge in [0.1, 0.15) is 29.5 Å². The van der Waals surface area contributed by atoms with Crippen molar-refractivity contribution in [2.24, 2.45) is 4.99 Å². The van der Waals surface area contributed by atoms with Crippen LogP contribution < -0.4 is 10.1 Å². The Labute approximate surface area is 211 Å². The van der Waals surface area contributed by atoms with Crippen molar-refractivity contribution >= 4 is 51.2 Å². The van der Waals surface area contributed by atoms with Gasteiger partial charge in [0.05, 0.1) is 23.2 Å². The lowest BCUT2D eigenvalue weighted by Crippen LogP contribution is -2.41. The minimum Gasteiger partial charge on any atom is -0.485 e. The number of nitrogens with zero attached hydrogens (tertiary/aromatic N) is 4. The normalized spacial score (nSPS) is 18.2. The van der Waals surface area contributed by atoms with E-state index in [4.69, 9.17) is 21.1 Å². The number of aliphatic hydroxyl groups is 1. The number of hydrogen-bond acceptors (Lipinski definition) is 9. The number of hydrogen-bond donors (Lipinski definition) is 2. The van der Waals surface area contributed by atoms with Gasteiger partial charge >= 0.3 is 0 Å². The largest absolute Gasteiger partial charge is 0.485 e. The molecule has 0 amide bonds. The Morgan fingerprint density at radius 1 is 1.23 bits per heavy atom. The van der Waals surface area contributed by atoms with Crippen LogP contribution in [0, 0.1) is 0 Å². The van der Waals surface area contributed by atoms with Crippen LogP contribution in [0.5, 0.6) is 5.75 Å². The number of ether oxygens (including phenoxy) is 2. The number of benzene rings is 2. The van der Waals surface area contributed by atoms with Crippen LogP contribution in [0.1, 0.15) is 24.4 Å². The molecule has 5 rings (SSSR count). The SMILES string of the molecule is C[C@H](O)C1(C)CN=C(Cc2ccc3ncnc(Nc4ccc(OCc5nccs5)c(Cl)c4)c3c2)O1. The Hall–Kier alpha value is -3.27. The highest BCUT2D eigenvalue weighted by molar-refractivity contribution is 7.09. The van der Waals surface area contributed by atoms with Crippen molar-refractivity contribution in [2.45, 2.75) is 38.6 Å². The van der Waals surface area contributed by atoms with Crippen LogP contribution in [-0.4, -0.2) is 44.2 Å². The predicted molar refractivity (Wildman–Crippen MR) is 138 cm³/mol. The average Bonchev–Trinajstić information content (AvgIpc) is 3.49. The van der Waals surface area contributed by atoms with Crippen LogP contribution in [0.15, 0.2) is 59.3 Å². The summed E-state index contributed by atoms with van der Waals surface area (Å²) in [4.78, 5) is 17.5. The maximum atomic E-state index is 9.98. The lowest BCUT2D eigenvalue weighted by Gasteiger charge is -2.26. The summed E-state index contributed by atoms with van der Waals surface area (Å²) in [5, 5.41) is 17.5. The van der Waals surface area contributed by atoms with Gasteiger partial charge in [0.15, 0.2) is 11.5 Å². The first-order valence-corrected chi connectivity index (χ1v) is 12.4. The van der Waals surface area contributed by atoms with E-state index in [2.05, 4.69) is 25.3 Å². The zero-order valence-corrected chi connectivity index (χ0v) is 20.8. The zero-order chi connectivity index (χ0) is 24.4. The average molecular weight is 510 g/mol. The van der Waals surface area contributed by atoms with E-state index in [1.165, 1.54) is 17.7 Å². The summed E-state index contributed by atoms with van der Waals surface area (Å²) in [7, 11) is 0. The quantitative estimate of drug-likeness (QED) is 0.337. The Morgan fingerprint density at radius 2 is 2.11 bits per heavy atom. The monoisotopic (exact) mass is 509 g/mol. The third-order valence-corrected chi connectivity index (χ3v) is 6.94. The Bertz CT molecular complexity index is 1380. The van der Waals surface area contributed by atoms with Crippen molar-refractivity contribution < 1.29 is 14.6 Å². The molecule has 0 fully saturated rings. The van der Waals surface area contributed by atoms with Crippen LogP contribution in [0.25, 0.3) is 10.9 Å².